The molecule has 2 aromatic rings. The molecule has 0 saturated carbocycles. The van der Waals surface area contributed by atoms with Gasteiger partial charge in [0.2, 0.25) is 5.91 Å². The summed E-state index contributed by atoms with van der Waals surface area (Å²) >= 11 is 0. The number of aliphatic imine (C=N–C) groups is 1. The van der Waals surface area contributed by atoms with E-state index in [4.69, 9.17) is 0 Å². The lowest BCUT2D eigenvalue weighted by Gasteiger charge is -2.11. The number of nitrogens with one attached hydrogen (secondary N) is 3. The number of amides is 1. The number of guanidine groups is 1. The Morgan fingerprint density at radius 2 is 2.00 bits per heavy atom. The second-order valence-electron chi connectivity index (χ2n) is 4.97. The maximum atomic E-state index is 12.9. The Morgan fingerprint density at radius 3 is 2.67 bits per heavy atom. The zero-order chi connectivity index (χ0) is 17.2. The fourth-order valence-corrected chi connectivity index (χ4v) is 1.91. The molecule has 1 heterocycles. The third-order valence-corrected chi connectivity index (χ3v) is 3.04. The standard InChI is InChI=1S/C17H20FN5O/c1-2-20-17(21-10-13-5-7-14(18)8-6-13)22-12-16(24)23-15-4-3-9-19-11-15/h3-9,11H,2,10,12H2,1H3,(H,23,24)(H2,20,21,22). The van der Waals surface area contributed by atoms with Crippen molar-refractivity contribution in [3.63, 3.8) is 0 Å². The molecule has 126 valence electrons. The van der Waals surface area contributed by atoms with Crippen LogP contribution in [0, 0.1) is 5.82 Å². The van der Waals surface area contributed by atoms with Gasteiger partial charge in [0.1, 0.15) is 5.82 Å². The average Bonchev–Trinajstić information content (AvgIpc) is 2.59. The van der Waals surface area contributed by atoms with Crippen molar-refractivity contribution in [2.45, 2.75) is 13.5 Å². The molecule has 2 rings (SSSR count). The van der Waals surface area contributed by atoms with Gasteiger partial charge in [0.05, 0.1) is 25.0 Å². The minimum absolute atomic E-state index is 0.0736. The van der Waals surface area contributed by atoms with Crippen LogP contribution in [-0.4, -0.2) is 29.9 Å². The molecule has 0 fully saturated rings. The van der Waals surface area contributed by atoms with E-state index in [9.17, 15) is 9.18 Å². The third-order valence-electron chi connectivity index (χ3n) is 3.04. The van der Waals surface area contributed by atoms with Crippen LogP contribution in [0.15, 0.2) is 53.8 Å². The smallest absolute Gasteiger partial charge is 0.243 e. The number of hydrogen-bond acceptors (Lipinski definition) is 3. The molecule has 1 aromatic heterocycles. The number of hydrogen-bond donors (Lipinski definition) is 3. The highest BCUT2D eigenvalue weighted by Crippen LogP contribution is 2.04. The topological polar surface area (TPSA) is 78.4 Å². The van der Waals surface area contributed by atoms with Gasteiger partial charge in [0.15, 0.2) is 5.96 Å². The van der Waals surface area contributed by atoms with Crippen LogP contribution < -0.4 is 16.0 Å². The van der Waals surface area contributed by atoms with Crippen molar-refractivity contribution in [3.8, 4) is 0 Å². The second kappa shape index (κ2) is 9.24. The zero-order valence-electron chi connectivity index (χ0n) is 13.4. The summed E-state index contributed by atoms with van der Waals surface area (Å²) in [4.78, 5) is 20.2. The number of carbonyl (C=O) groups is 1. The van der Waals surface area contributed by atoms with Gasteiger partial charge in [0, 0.05) is 12.7 Å². The molecule has 0 saturated heterocycles. The van der Waals surface area contributed by atoms with E-state index in [1.54, 1.807) is 36.7 Å². The molecule has 0 atom stereocenters. The van der Waals surface area contributed by atoms with Gasteiger partial charge in [-0.3, -0.25) is 9.78 Å². The molecule has 7 heteroatoms. The molecule has 3 N–H and O–H groups in total. The highest BCUT2D eigenvalue weighted by atomic mass is 19.1. The molecular weight excluding hydrogens is 309 g/mol. The van der Waals surface area contributed by atoms with Gasteiger partial charge in [-0.25, -0.2) is 9.38 Å². The zero-order valence-corrected chi connectivity index (χ0v) is 13.4. The molecular formula is C17H20FN5O. The number of aromatic nitrogens is 1. The first-order chi connectivity index (χ1) is 11.7. The molecule has 1 amide bonds. The van der Waals surface area contributed by atoms with Crippen LogP contribution in [0.5, 0.6) is 0 Å². The van der Waals surface area contributed by atoms with Crippen molar-refractivity contribution < 1.29 is 9.18 Å². The van der Waals surface area contributed by atoms with Crippen molar-refractivity contribution in [1.82, 2.24) is 15.6 Å². The summed E-state index contributed by atoms with van der Waals surface area (Å²) in [7, 11) is 0. The fraction of sp³-hybridized carbons (Fsp3) is 0.235. The highest BCUT2D eigenvalue weighted by molar-refractivity contribution is 5.94. The number of benzene rings is 1. The first-order valence-corrected chi connectivity index (χ1v) is 7.64. The normalized spacial score (nSPS) is 11.0. The van der Waals surface area contributed by atoms with E-state index in [0.717, 1.165) is 5.56 Å². The van der Waals surface area contributed by atoms with E-state index in [1.165, 1.54) is 12.1 Å². The van der Waals surface area contributed by atoms with Crippen molar-refractivity contribution in [1.29, 1.82) is 0 Å². The van der Waals surface area contributed by atoms with Crippen LogP contribution >= 0.6 is 0 Å². The van der Waals surface area contributed by atoms with Crippen LogP contribution in [0.1, 0.15) is 12.5 Å². The van der Waals surface area contributed by atoms with Crippen LogP contribution in [0.25, 0.3) is 0 Å². The SMILES string of the molecule is CCNC(=NCc1ccc(F)cc1)NCC(=O)Nc1cccnc1. The van der Waals surface area contributed by atoms with Crippen LogP contribution in [0.3, 0.4) is 0 Å². The summed E-state index contributed by atoms with van der Waals surface area (Å²) in [5, 5.41) is 8.74. The van der Waals surface area contributed by atoms with Gasteiger partial charge >= 0.3 is 0 Å². The first-order valence-electron chi connectivity index (χ1n) is 7.64. The number of carbonyl (C=O) groups excluding carboxylic acids is 1. The maximum absolute atomic E-state index is 12.9. The van der Waals surface area contributed by atoms with E-state index < -0.39 is 0 Å². The highest BCUT2D eigenvalue weighted by Gasteiger charge is 2.04. The summed E-state index contributed by atoms with van der Waals surface area (Å²) < 4.78 is 12.9. The quantitative estimate of drug-likeness (QED) is 0.559. The number of pyridine rings is 1. The van der Waals surface area contributed by atoms with Crippen LogP contribution in [0.2, 0.25) is 0 Å². The van der Waals surface area contributed by atoms with E-state index in [0.29, 0.717) is 24.7 Å². The summed E-state index contributed by atoms with van der Waals surface area (Å²) in [5.74, 6) is 0.0402. The third kappa shape index (κ3) is 6.04. The molecule has 0 aliphatic rings. The minimum atomic E-state index is -0.278. The van der Waals surface area contributed by atoms with Gasteiger partial charge in [-0.05, 0) is 36.8 Å². The number of rotatable bonds is 6. The number of halogens is 1. The lowest BCUT2D eigenvalue weighted by Crippen LogP contribution is -2.41. The van der Waals surface area contributed by atoms with Crippen LogP contribution in [0.4, 0.5) is 10.1 Å². The number of anilines is 1. The van der Waals surface area contributed by atoms with Crippen LogP contribution in [-0.2, 0) is 11.3 Å². The maximum Gasteiger partial charge on any atom is 0.243 e. The molecule has 0 unspecified atom stereocenters. The monoisotopic (exact) mass is 329 g/mol. The Balaban J connectivity index is 1.86. The van der Waals surface area contributed by atoms with Crippen molar-refractivity contribution >= 4 is 17.6 Å². The van der Waals surface area contributed by atoms with Crippen molar-refractivity contribution in [2.24, 2.45) is 4.99 Å². The molecule has 24 heavy (non-hydrogen) atoms. The van der Waals surface area contributed by atoms with Crippen molar-refractivity contribution in [3.05, 3.63) is 60.2 Å². The molecule has 0 radical (unpaired) electrons. The van der Waals surface area contributed by atoms with Crippen molar-refractivity contribution in [2.75, 3.05) is 18.4 Å². The van der Waals surface area contributed by atoms with Gasteiger partial charge in [-0.2, -0.15) is 0 Å². The fourth-order valence-electron chi connectivity index (χ4n) is 1.91. The van der Waals surface area contributed by atoms with Gasteiger partial charge in [-0.1, -0.05) is 12.1 Å². The lowest BCUT2D eigenvalue weighted by atomic mass is 10.2. The molecule has 0 bridgehead atoms. The first kappa shape index (κ1) is 17.4. The Labute approximate surface area is 140 Å². The summed E-state index contributed by atoms with van der Waals surface area (Å²) in [5.41, 5.74) is 1.52. The van der Waals surface area contributed by atoms with Gasteiger partial charge < -0.3 is 16.0 Å². The Bertz CT molecular complexity index is 673. The molecule has 0 spiro atoms. The summed E-state index contributed by atoms with van der Waals surface area (Å²) in [6.45, 7) is 3.06. The largest absolute Gasteiger partial charge is 0.357 e. The molecule has 6 nitrogen and oxygen atoms in total. The Hall–Kier alpha value is -2.96. The predicted molar refractivity (Wildman–Crippen MR) is 92.1 cm³/mol. The number of nitrogens with zero attached hydrogens (tertiary/aromatic N) is 2. The van der Waals surface area contributed by atoms with Gasteiger partial charge in [-0.15, -0.1) is 0 Å². The van der Waals surface area contributed by atoms with Gasteiger partial charge in [0.25, 0.3) is 0 Å². The Kier molecular flexibility index (Phi) is 6.70. The summed E-state index contributed by atoms with van der Waals surface area (Å²) in [6, 6.07) is 9.66. The molecule has 0 aliphatic heterocycles. The Morgan fingerprint density at radius 1 is 1.21 bits per heavy atom. The average molecular weight is 329 g/mol. The molecule has 0 aliphatic carbocycles. The lowest BCUT2D eigenvalue weighted by molar-refractivity contribution is -0.115. The second-order valence-corrected chi connectivity index (χ2v) is 4.97. The summed E-state index contributed by atoms with van der Waals surface area (Å²) in [6.07, 6.45) is 3.21. The molecule has 1 aromatic carbocycles. The predicted octanol–water partition coefficient (Wildman–Crippen LogP) is 1.91. The van der Waals surface area contributed by atoms with E-state index in [1.807, 2.05) is 6.92 Å². The minimum Gasteiger partial charge on any atom is -0.357 e. The van der Waals surface area contributed by atoms with E-state index in [-0.39, 0.29) is 18.3 Å². The van der Waals surface area contributed by atoms with E-state index >= 15 is 0 Å². The van der Waals surface area contributed by atoms with E-state index in [2.05, 4.69) is 25.9 Å².